The summed E-state index contributed by atoms with van der Waals surface area (Å²) >= 11 is 0. The van der Waals surface area contributed by atoms with Gasteiger partial charge in [0.05, 0.1) is 0 Å². The molecule has 2 N–H and O–H groups in total. The molecule has 6 nitrogen and oxygen atoms in total. The molecule has 2 fully saturated rings. The van der Waals surface area contributed by atoms with Gasteiger partial charge in [-0.2, -0.15) is 0 Å². The number of aliphatic hydroxyl groups is 1. The Balaban J connectivity index is 1.57. The molecule has 24 heavy (non-hydrogen) atoms. The van der Waals surface area contributed by atoms with Crippen molar-refractivity contribution in [2.24, 2.45) is 0 Å². The van der Waals surface area contributed by atoms with Crippen LogP contribution in [0.3, 0.4) is 0 Å². The van der Waals surface area contributed by atoms with Crippen molar-refractivity contribution < 1.29 is 14.7 Å². The molecule has 2 heterocycles. The maximum atomic E-state index is 12.5. The van der Waals surface area contributed by atoms with Crippen LogP contribution in [0.25, 0.3) is 0 Å². The molecule has 2 amide bonds. The molecule has 0 bridgehead atoms. The highest BCUT2D eigenvalue weighted by atomic mass is 16.3. The zero-order valence-corrected chi connectivity index (χ0v) is 14.1. The SMILES string of the molecule is CN1CCCC1CCNC(=O)C1(O)CCN(c2ccccc2)C1=O. The van der Waals surface area contributed by atoms with Crippen molar-refractivity contribution >= 4 is 17.5 Å². The van der Waals surface area contributed by atoms with Crippen LogP contribution < -0.4 is 10.2 Å². The number of hydrogen-bond acceptors (Lipinski definition) is 4. The van der Waals surface area contributed by atoms with E-state index in [0.717, 1.165) is 19.4 Å². The van der Waals surface area contributed by atoms with Gasteiger partial charge in [0.2, 0.25) is 5.60 Å². The van der Waals surface area contributed by atoms with Crippen LogP contribution in [0.2, 0.25) is 0 Å². The van der Waals surface area contributed by atoms with Gasteiger partial charge in [0.15, 0.2) is 0 Å². The Kier molecular flexibility index (Phi) is 4.87. The molecule has 2 atom stereocenters. The lowest BCUT2D eigenvalue weighted by Gasteiger charge is -2.23. The van der Waals surface area contributed by atoms with Gasteiger partial charge in [-0.3, -0.25) is 9.59 Å². The third-order valence-electron chi connectivity index (χ3n) is 5.17. The summed E-state index contributed by atoms with van der Waals surface area (Å²) in [5.41, 5.74) is -1.24. The zero-order chi connectivity index (χ0) is 17.2. The van der Waals surface area contributed by atoms with Crippen LogP contribution in [0.1, 0.15) is 25.7 Å². The first-order chi connectivity index (χ1) is 11.5. The van der Waals surface area contributed by atoms with Crippen LogP contribution in [-0.4, -0.2) is 60.1 Å². The highest BCUT2D eigenvalue weighted by molar-refractivity contribution is 6.16. The number of rotatable bonds is 5. The van der Waals surface area contributed by atoms with Crippen molar-refractivity contribution in [3.8, 4) is 0 Å². The van der Waals surface area contributed by atoms with Crippen LogP contribution in [-0.2, 0) is 9.59 Å². The van der Waals surface area contributed by atoms with Crippen molar-refractivity contribution in [3.05, 3.63) is 30.3 Å². The molecule has 1 aromatic carbocycles. The van der Waals surface area contributed by atoms with Crippen molar-refractivity contribution in [1.29, 1.82) is 0 Å². The van der Waals surface area contributed by atoms with E-state index in [2.05, 4.69) is 17.3 Å². The van der Waals surface area contributed by atoms with Gasteiger partial charge >= 0.3 is 0 Å². The second-order valence-electron chi connectivity index (χ2n) is 6.72. The van der Waals surface area contributed by atoms with E-state index >= 15 is 0 Å². The van der Waals surface area contributed by atoms with Crippen LogP contribution in [0.15, 0.2) is 30.3 Å². The van der Waals surface area contributed by atoms with Gasteiger partial charge in [-0.05, 0) is 45.0 Å². The first kappa shape index (κ1) is 16.9. The highest BCUT2D eigenvalue weighted by Gasteiger charge is 2.51. The number of hydrogen-bond donors (Lipinski definition) is 2. The summed E-state index contributed by atoms with van der Waals surface area (Å²) in [4.78, 5) is 28.7. The third-order valence-corrected chi connectivity index (χ3v) is 5.17. The fourth-order valence-corrected chi connectivity index (χ4v) is 3.61. The summed E-state index contributed by atoms with van der Waals surface area (Å²) in [5, 5.41) is 13.3. The summed E-state index contributed by atoms with van der Waals surface area (Å²) in [7, 11) is 2.09. The quantitative estimate of drug-likeness (QED) is 0.781. The number of likely N-dealkylation sites (tertiary alicyclic amines) is 1. The number of benzene rings is 1. The van der Waals surface area contributed by atoms with Crippen molar-refractivity contribution in [1.82, 2.24) is 10.2 Å². The summed E-state index contributed by atoms with van der Waals surface area (Å²) in [6.07, 6.45) is 3.28. The minimum atomic E-state index is -1.95. The van der Waals surface area contributed by atoms with Crippen molar-refractivity contribution in [2.45, 2.75) is 37.3 Å². The van der Waals surface area contributed by atoms with Gasteiger partial charge in [0.25, 0.3) is 11.8 Å². The standard InChI is InChI=1S/C18H25N3O3/c1-20-12-5-8-14(20)9-11-19-16(22)18(24)10-13-21(17(18)23)15-6-3-2-4-7-15/h2-4,6-7,14,24H,5,8-13H2,1H3,(H,19,22). The molecule has 0 radical (unpaired) electrons. The zero-order valence-electron chi connectivity index (χ0n) is 14.1. The Labute approximate surface area is 142 Å². The smallest absolute Gasteiger partial charge is 0.268 e. The molecule has 2 saturated heterocycles. The van der Waals surface area contributed by atoms with Gasteiger partial charge in [0.1, 0.15) is 0 Å². The second-order valence-corrected chi connectivity index (χ2v) is 6.72. The molecule has 0 aromatic heterocycles. The minimum absolute atomic E-state index is 0.121. The number of carbonyl (C=O) groups excluding carboxylic acids is 2. The molecule has 0 saturated carbocycles. The Morgan fingerprint density at radius 2 is 2.08 bits per heavy atom. The van der Waals surface area contributed by atoms with Crippen LogP contribution in [0.5, 0.6) is 0 Å². The van der Waals surface area contributed by atoms with Crippen molar-refractivity contribution in [2.75, 3.05) is 31.6 Å². The third kappa shape index (κ3) is 3.16. The van der Waals surface area contributed by atoms with E-state index < -0.39 is 17.4 Å². The molecule has 0 spiro atoms. The van der Waals surface area contributed by atoms with Gasteiger partial charge in [0, 0.05) is 31.2 Å². The number of carbonyl (C=O) groups is 2. The molecule has 3 rings (SSSR count). The first-order valence-corrected chi connectivity index (χ1v) is 8.60. The maximum absolute atomic E-state index is 12.5. The highest BCUT2D eigenvalue weighted by Crippen LogP contribution is 2.28. The summed E-state index contributed by atoms with van der Waals surface area (Å²) < 4.78 is 0. The van der Waals surface area contributed by atoms with Crippen LogP contribution in [0, 0.1) is 0 Å². The van der Waals surface area contributed by atoms with Crippen LogP contribution >= 0.6 is 0 Å². The van der Waals surface area contributed by atoms with Crippen molar-refractivity contribution in [3.63, 3.8) is 0 Å². The molecule has 130 valence electrons. The predicted molar refractivity (Wildman–Crippen MR) is 91.6 cm³/mol. The molecule has 2 aliphatic rings. The molecule has 1 aromatic rings. The fraction of sp³-hybridized carbons (Fsp3) is 0.556. The Bertz CT molecular complexity index is 607. The van der Waals surface area contributed by atoms with E-state index in [1.165, 1.54) is 11.3 Å². The Morgan fingerprint density at radius 3 is 2.75 bits per heavy atom. The van der Waals surface area contributed by atoms with Crippen LogP contribution in [0.4, 0.5) is 5.69 Å². The van der Waals surface area contributed by atoms with E-state index in [1.54, 1.807) is 12.1 Å². The molecular weight excluding hydrogens is 306 g/mol. The summed E-state index contributed by atoms with van der Waals surface area (Å²) in [6.45, 7) is 1.92. The van der Waals surface area contributed by atoms with Gasteiger partial charge < -0.3 is 20.2 Å². The lowest BCUT2D eigenvalue weighted by Crippen LogP contribution is -2.53. The maximum Gasteiger partial charge on any atom is 0.268 e. The van der Waals surface area contributed by atoms with E-state index in [9.17, 15) is 14.7 Å². The Morgan fingerprint density at radius 1 is 1.33 bits per heavy atom. The lowest BCUT2D eigenvalue weighted by atomic mass is 10.0. The first-order valence-electron chi connectivity index (χ1n) is 8.60. The number of anilines is 1. The van der Waals surface area contributed by atoms with Gasteiger partial charge in [-0.15, -0.1) is 0 Å². The molecule has 0 aliphatic carbocycles. The monoisotopic (exact) mass is 331 g/mol. The fourth-order valence-electron chi connectivity index (χ4n) is 3.61. The van der Waals surface area contributed by atoms with Gasteiger partial charge in [-0.25, -0.2) is 0 Å². The number of para-hydroxylation sites is 1. The minimum Gasteiger partial charge on any atom is -0.372 e. The number of nitrogens with one attached hydrogen (secondary N) is 1. The predicted octanol–water partition coefficient (Wildman–Crippen LogP) is 0.755. The average molecular weight is 331 g/mol. The van der Waals surface area contributed by atoms with Gasteiger partial charge in [-0.1, -0.05) is 18.2 Å². The largest absolute Gasteiger partial charge is 0.372 e. The second kappa shape index (κ2) is 6.91. The molecule has 6 heteroatoms. The lowest BCUT2D eigenvalue weighted by molar-refractivity contribution is -0.149. The molecule has 2 aliphatic heterocycles. The summed E-state index contributed by atoms with van der Waals surface area (Å²) in [5.74, 6) is -1.12. The van der Waals surface area contributed by atoms with E-state index in [4.69, 9.17) is 0 Å². The Hall–Kier alpha value is -1.92. The molecule has 2 unspecified atom stereocenters. The van der Waals surface area contributed by atoms with E-state index in [0.29, 0.717) is 24.8 Å². The topological polar surface area (TPSA) is 72.9 Å². The van der Waals surface area contributed by atoms with E-state index in [-0.39, 0.29) is 6.42 Å². The normalized spacial score (nSPS) is 27.7. The number of nitrogens with zero attached hydrogens (tertiary/aromatic N) is 2. The summed E-state index contributed by atoms with van der Waals surface area (Å²) in [6, 6.07) is 9.61. The molecular formula is C18H25N3O3. The average Bonchev–Trinajstić information content (AvgIpc) is 3.13. The number of amides is 2. The van der Waals surface area contributed by atoms with E-state index in [1.807, 2.05) is 18.2 Å².